The van der Waals surface area contributed by atoms with Crippen molar-refractivity contribution in [3.05, 3.63) is 35.9 Å². The summed E-state index contributed by atoms with van der Waals surface area (Å²) in [5.41, 5.74) is 0.316. The normalized spacial score (nSPS) is 22.8. The third kappa shape index (κ3) is 6.17. The van der Waals surface area contributed by atoms with Crippen molar-refractivity contribution in [3.63, 3.8) is 0 Å². The van der Waals surface area contributed by atoms with Crippen LogP contribution in [0.25, 0.3) is 0 Å². The third-order valence-electron chi connectivity index (χ3n) is 7.04. The fourth-order valence-corrected chi connectivity index (χ4v) is 4.19. The highest BCUT2D eigenvalue weighted by atomic mass is 16.5. The number of ketones is 1. The minimum atomic E-state index is -0.749. The second-order valence-electron chi connectivity index (χ2n) is 10.0. The van der Waals surface area contributed by atoms with Gasteiger partial charge in [-0.2, -0.15) is 0 Å². The van der Waals surface area contributed by atoms with Gasteiger partial charge < -0.3 is 20.3 Å². The molecule has 2 saturated heterocycles. The van der Waals surface area contributed by atoms with Gasteiger partial charge in [0.05, 0.1) is 6.10 Å². The summed E-state index contributed by atoms with van der Waals surface area (Å²) in [5, 5.41) is 5.82. The molecule has 7 heteroatoms. The molecule has 1 aromatic rings. The molecule has 1 aromatic carbocycles. The highest BCUT2D eigenvalue weighted by Crippen LogP contribution is 2.31. The second kappa shape index (κ2) is 10.6. The van der Waals surface area contributed by atoms with Gasteiger partial charge in [0.25, 0.3) is 5.91 Å². The van der Waals surface area contributed by atoms with E-state index in [2.05, 4.69) is 43.2 Å². The maximum atomic E-state index is 13.3. The molecule has 2 N–H and O–H groups in total. The summed E-state index contributed by atoms with van der Waals surface area (Å²) in [4.78, 5) is 41.0. The molecule has 2 aliphatic heterocycles. The Morgan fingerprint density at radius 3 is 2.44 bits per heavy atom. The zero-order chi connectivity index (χ0) is 23.3. The number of carbonyl (C=O) groups is 3. The van der Waals surface area contributed by atoms with Crippen LogP contribution in [0.1, 0.15) is 57.3 Å². The first-order chi connectivity index (χ1) is 15.2. The van der Waals surface area contributed by atoms with Crippen LogP contribution >= 0.6 is 0 Å². The van der Waals surface area contributed by atoms with Crippen LogP contribution in [-0.2, 0) is 14.3 Å². The van der Waals surface area contributed by atoms with E-state index in [1.807, 2.05) is 6.07 Å². The lowest BCUT2D eigenvalue weighted by Crippen LogP contribution is -2.55. The predicted octanol–water partition coefficient (Wildman–Crippen LogP) is 2.41. The maximum Gasteiger partial charge on any atom is 0.251 e. The molecule has 0 saturated carbocycles. The van der Waals surface area contributed by atoms with E-state index in [0.29, 0.717) is 24.4 Å². The van der Waals surface area contributed by atoms with Gasteiger partial charge in [0.2, 0.25) is 5.91 Å². The van der Waals surface area contributed by atoms with E-state index in [4.69, 9.17) is 4.74 Å². The first-order valence-corrected chi connectivity index (χ1v) is 11.7. The highest BCUT2D eigenvalue weighted by Gasteiger charge is 2.40. The van der Waals surface area contributed by atoms with Crippen LogP contribution < -0.4 is 10.6 Å². The smallest absolute Gasteiger partial charge is 0.251 e. The summed E-state index contributed by atoms with van der Waals surface area (Å²) >= 11 is 0. The molecule has 2 fully saturated rings. The topological polar surface area (TPSA) is 87.7 Å². The molecule has 0 bridgehead atoms. The molecular weight excluding hydrogens is 406 g/mol. The van der Waals surface area contributed by atoms with Crippen molar-refractivity contribution in [3.8, 4) is 0 Å². The Hall–Kier alpha value is -2.25. The van der Waals surface area contributed by atoms with Gasteiger partial charge in [0, 0.05) is 12.1 Å². The Labute approximate surface area is 191 Å². The molecule has 32 heavy (non-hydrogen) atoms. The van der Waals surface area contributed by atoms with Crippen LogP contribution in [0.2, 0.25) is 0 Å². The fourth-order valence-electron chi connectivity index (χ4n) is 4.19. The van der Waals surface area contributed by atoms with Crippen LogP contribution in [0.4, 0.5) is 0 Å². The minimum Gasteiger partial charge on any atom is -0.366 e. The van der Waals surface area contributed by atoms with E-state index in [1.54, 1.807) is 24.3 Å². The van der Waals surface area contributed by atoms with Crippen LogP contribution in [-0.4, -0.2) is 66.9 Å². The number of amides is 2. The van der Waals surface area contributed by atoms with E-state index in [1.165, 1.54) is 0 Å². The van der Waals surface area contributed by atoms with Crippen molar-refractivity contribution in [2.75, 3.05) is 26.2 Å². The molecule has 0 aliphatic carbocycles. The Morgan fingerprint density at radius 2 is 1.81 bits per heavy atom. The maximum absolute atomic E-state index is 13.3. The van der Waals surface area contributed by atoms with Gasteiger partial charge in [-0.1, -0.05) is 45.9 Å². The summed E-state index contributed by atoms with van der Waals surface area (Å²) < 4.78 is 5.72. The lowest BCUT2D eigenvalue weighted by molar-refractivity contribution is -0.128. The Bertz CT molecular complexity index is 803. The predicted molar refractivity (Wildman–Crippen MR) is 123 cm³/mol. The van der Waals surface area contributed by atoms with Crippen molar-refractivity contribution in [1.29, 1.82) is 0 Å². The molecule has 2 aliphatic rings. The molecular formula is C25H37N3O4. The number of carbonyl (C=O) groups excluding carboxylic acids is 3. The average molecular weight is 444 g/mol. The summed E-state index contributed by atoms with van der Waals surface area (Å²) in [6.45, 7) is 11.0. The molecule has 0 spiro atoms. The Balaban J connectivity index is 1.72. The van der Waals surface area contributed by atoms with Gasteiger partial charge in [-0.05, 0) is 55.8 Å². The summed E-state index contributed by atoms with van der Waals surface area (Å²) in [6.07, 6.45) is 2.41. The zero-order valence-electron chi connectivity index (χ0n) is 19.7. The van der Waals surface area contributed by atoms with Crippen LogP contribution in [0.3, 0.4) is 0 Å². The molecule has 2 amide bonds. The first kappa shape index (κ1) is 24.4. The van der Waals surface area contributed by atoms with E-state index >= 15 is 0 Å². The zero-order valence-corrected chi connectivity index (χ0v) is 19.7. The lowest BCUT2D eigenvalue weighted by Gasteiger charge is -2.34. The first-order valence-electron chi connectivity index (χ1n) is 11.7. The highest BCUT2D eigenvalue weighted by molar-refractivity contribution is 5.99. The van der Waals surface area contributed by atoms with Crippen molar-refractivity contribution in [2.45, 2.75) is 65.1 Å². The number of likely N-dealkylation sites (tertiary alicyclic amines) is 1. The second-order valence-corrected chi connectivity index (χ2v) is 10.0. The van der Waals surface area contributed by atoms with Gasteiger partial charge in [-0.3, -0.25) is 14.4 Å². The number of rotatable bonds is 9. The van der Waals surface area contributed by atoms with Crippen molar-refractivity contribution in [2.24, 2.45) is 11.3 Å². The number of hydrogen-bond acceptors (Lipinski definition) is 5. The number of hydrogen-bond donors (Lipinski definition) is 2. The quantitative estimate of drug-likeness (QED) is 0.612. The van der Waals surface area contributed by atoms with Gasteiger partial charge in [-0.15, -0.1) is 0 Å². The summed E-state index contributed by atoms with van der Waals surface area (Å²) in [5.74, 6) is -0.434. The largest absolute Gasteiger partial charge is 0.366 e. The molecule has 7 nitrogen and oxygen atoms in total. The molecule has 2 heterocycles. The molecule has 176 valence electrons. The van der Waals surface area contributed by atoms with Crippen molar-refractivity contribution < 1.29 is 19.1 Å². The van der Waals surface area contributed by atoms with Crippen LogP contribution in [0.5, 0.6) is 0 Å². The SMILES string of the molecule is CC(C)C(C)(C)C[C@H](NC(=O)c1ccccc1)C(=O)NC1C(=O)COC1CN1CCCC1. The molecule has 3 atom stereocenters. The monoisotopic (exact) mass is 443 g/mol. The fraction of sp³-hybridized carbons (Fsp3) is 0.640. The number of nitrogens with zero attached hydrogens (tertiary/aromatic N) is 1. The summed E-state index contributed by atoms with van der Waals surface area (Å²) in [7, 11) is 0. The van der Waals surface area contributed by atoms with Crippen molar-refractivity contribution in [1.82, 2.24) is 15.5 Å². The molecule has 0 radical (unpaired) electrons. The van der Waals surface area contributed by atoms with Gasteiger partial charge in [0.15, 0.2) is 5.78 Å². The van der Waals surface area contributed by atoms with Gasteiger partial charge >= 0.3 is 0 Å². The van der Waals surface area contributed by atoms with Gasteiger partial charge in [0.1, 0.15) is 18.7 Å². The molecule has 2 unspecified atom stereocenters. The third-order valence-corrected chi connectivity index (χ3v) is 7.04. The molecule has 3 rings (SSSR count). The van der Waals surface area contributed by atoms with E-state index < -0.39 is 12.1 Å². The van der Waals surface area contributed by atoms with E-state index in [0.717, 1.165) is 25.9 Å². The number of nitrogens with one attached hydrogen (secondary N) is 2. The van der Waals surface area contributed by atoms with Crippen LogP contribution in [0, 0.1) is 11.3 Å². The summed E-state index contributed by atoms with van der Waals surface area (Å²) in [6, 6.07) is 7.44. The average Bonchev–Trinajstić information content (AvgIpc) is 3.39. The number of ether oxygens (including phenoxy) is 1. The van der Waals surface area contributed by atoms with Crippen LogP contribution in [0.15, 0.2) is 30.3 Å². The number of Topliss-reactive ketones (excluding diaryl/α,β-unsaturated/α-hetero) is 1. The van der Waals surface area contributed by atoms with E-state index in [9.17, 15) is 14.4 Å². The van der Waals surface area contributed by atoms with E-state index in [-0.39, 0.29) is 35.7 Å². The standard InChI is InChI=1S/C25H37N3O4/c1-17(2)25(3,4)14-19(26-23(30)18-10-6-5-7-11-18)24(31)27-22-20(29)16-32-21(22)15-28-12-8-9-13-28/h5-7,10-11,17,19,21-22H,8-9,12-16H2,1-4H3,(H,26,30)(H,27,31)/t19-,21?,22?/m0/s1. The Kier molecular flexibility index (Phi) is 8.06. The van der Waals surface area contributed by atoms with Gasteiger partial charge in [-0.25, -0.2) is 0 Å². The minimum absolute atomic E-state index is 0.0159. The lowest BCUT2D eigenvalue weighted by atomic mass is 9.76. The Morgan fingerprint density at radius 1 is 1.16 bits per heavy atom. The number of benzene rings is 1. The van der Waals surface area contributed by atoms with Crippen molar-refractivity contribution >= 4 is 17.6 Å². The molecule has 0 aromatic heterocycles.